The van der Waals surface area contributed by atoms with Crippen molar-refractivity contribution < 1.29 is 19.0 Å². The molecule has 0 aliphatic carbocycles. The Balaban J connectivity index is 1.58. The largest absolute Gasteiger partial charge is 0.497 e. The van der Waals surface area contributed by atoms with Gasteiger partial charge in [0.2, 0.25) is 5.91 Å². The van der Waals surface area contributed by atoms with Gasteiger partial charge < -0.3 is 19.5 Å². The number of anilines is 1. The molecule has 1 aromatic heterocycles. The fourth-order valence-electron chi connectivity index (χ4n) is 2.63. The molecule has 1 heterocycles. The van der Waals surface area contributed by atoms with E-state index in [0.717, 1.165) is 22.6 Å². The molecular formula is C22H21N3O4S2. The number of nitrogens with zero attached hydrogens (tertiary/aromatic N) is 1. The zero-order valence-electron chi connectivity index (χ0n) is 17.2. The smallest absolute Gasteiger partial charge is 0.250 e. The first kappa shape index (κ1) is 22.3. The molecule has 9 heteroatoms. The Labute approximate surface area is 189 Å². The molecule has 0 saturated heterocycles. The molecule has 3 aromatic rings. The van der Waals surface area contributed by atoms with Crippen molar-refractivity contribution in [3.8, 4) is 28.5 Å². The molecule has 0 unspecified atom stereocenters. The number of nitrogens with one attached hydrogen (secondary N) is 2. The van der Waals surface area contributed by atoms with E-state index < -0.39 is 0 Å². The Morgan fingerprint density at radius 2 is 1.77 bits per heavy atom. The maximum atomic E-state index is 12.1. The number of benzene rings is 2. The van der Waals surface area contributed by atoms with E-state index in [9.17, 15) is 4.79 Å². The standard InChI is InChI=1S/C22H21N3O4S2/c1-27-16-8-4-14(5-9-16)6-11-20(26)24-21(30)25-22-23-17(13-31-22)15-7-10-18(28-2)19(12-15)29-3/h4-13H,1-3H3,(H2,23,24,25,26,30)/b11-6+. The second-order valence-electron chi connectivity index (χ2n) is 6.16. The van der Waals surface area contributed by atoms with Crippen LogP contribution in [0.2, 0.25) is 0 Å². The van der Waals surface area contributed by atoms with Crippen LogP contribution in [0.5, 0.6) is 17.2 Å². The maximum absolute atomic E-state index is 12.1. The fourth-order valence-corrected chi connectivity index (χ4v) is 3.61. The van der Waals surface area contributed by atoms with Crippen molar-refractivity contribution >= 4 is 45.8 Å². The van der Waals surface area contributed by atoms with Gasteiger partial charge in [-0.1, -0.05) is 12.1 Å². The molecule has 1 amide bonds. The van der Waals surface area contributed by atoms with E-state index >= 15 is 0 Å². The highest BCUT2D eigenvalue weighted by Gasteiger charge is 2.10. The van der Waals surface area contributed by atoms with Crippen molar-refractivity contribution in [3.05, 3.63) is 59.5 Å². The fraction of sp³-hybridized carbons (Fsp3) is 0.136. The number of amides is 1. The second-order valence-corrected chi connectivity index (χ2v) is 7.42. The summed E-state index contributed by atoms with van der Waals surface area (Å²) in [6, 6.07) is 12.9. The van der Waals surface area contributed by atoms with E-state index in [-0.39, 0.29) is 11.0 Å². The second kappa shape index (κ2) is 10.6. The lowest BCUT2D eigenvalue weighted by Gasteiger charge is -2.08. The first-order valence-electron chi connectivity index (χ1n) is 9.14. The average Bonchev–Trinajstić information content (AvgIpc) is 3.25. The highest BCUT2D eigenvalue weighted by Crippen LogP contribution is 2.33. The lowest BCUT2D eigenvalue weighted by Crippen LogP contribution is -2.32. The van der Waals surface area contributed by atoms with Crippen LogP contribution in [0.25, 0.3) is 17.3 Å². The minimum Gasteiger partial charge on any atom is -0.497 e. The number of carbonyl (C=O) groups is 1. The summed E-state index contributed by atoms with van der Waals surface area (Å²) in [5, 5.41) is 8.15. The molecule has 0 bridgehead atoms. The number of thiazole rings is 1. The van der Waals surface area contributed by atoms with Gasteiger partial charge in [0.25, 0.3) is 0 Å². The summed E-state index contributed by atoms with van der Waals surface area (Å²) < 4.78 is 15.7. The summed E-state index contributed by atoms with van der Waals surface area (Å²) in [5.74, 6) is 1.67. The van der Waals surface area contributed by atoms with Crippen LogP contribution in [0.3, 0.4) is 0 Å². The van der Waals surface area contributed by atoms with Gasteiger partial charge in [-0.3, -0.25) is 10.1 Å². The first-order valence-corrected chi connectivity index (χ1v) is 10.4. The molecule has 2 N–H and O–H groups in total. The zero-order valence-corrected chi connectivity index (χ0v) is 18.8. The third-order valence-electron chi connectivity index (χ3n) is 4.18. The summed E-state index contributed by atoms with van der Waals surface area (Å²) in [5.41, 5.74) is 2.50. The van der Waals surface area contributed by atoms with E-state index in [1.165, 1.54) is 17.4 Å². The van der Waals surface area contributed by atoms with Crippen LogP contribution in [-0.4, -0.2) is 37.3 Å². The number of carbonyl (C=O) groups excluding carboxylic acids is 1. The highest BCUT2D eigenvalue weighted by atomic mass is 32.1. The molecule has 3 rings (SSSR count). The summed E-state index contributed by atoms with van der Waals surface area (Å²) in [4.78, 5) is 16.6. The van der Waals surface area contributed by atoms with Crippen molar-refractivity contribution in [3.63, 3.8) is 0 Å². The minimum absolute atomic E-state index is 0.164. The molecule has 0 spiro atoms. The van der Waals surface area contributed by atoms with E-state index in [1.54, 1.807) is 27.4 Å². The predicted molar refractivity (Wildman–Crippen MR) is 127 cm³/mol. The molecule has 2 aromatic carbocycles. The lowest BCUT2D eigenvalue weighted by molar-refractivity contribution is -0.115. The lowest BCUT2D eigenvalue weighted by atomic mass is 10.1. The Morgan fingerprint density at radius 3 is 2.45 bits per heavy atom. The number of thiocarbonyl (C=S) groups is 1. The first-order chi connectivity index (χ1) is 15.0. The van der Waals surface area contributed by atoms with Crippen molar-refractivity contribution in [2.75, 3.05) is 26.6 Å². The molecular weight excluding hydrogens is 434 g/mol. The SMILES string of the molecule is COc1ccc(/C=C/C(=O)NC(=S)Nc2nc(-c3ccc(OC)c(OC)c3)cs2)cc1. The third kappa shape index (κ3) is 6.03. The van der Waals surface area contributed by atoms with Crippen LogP contribution in [0.15, 0.2) is 53.9 Å². The van der Waals surface area contributed by atoms with Gasteiger partial charge in [-0.15, -0.1) is 11.3 Å². The topological polar surface area (TPSA) is 81.7 Å². The normalized spacial score (nSPS) is 10.5. The van der Waals surface area contributed by atoms with Crippen LogP contribution in [0.4, 0.5) is 5.13 Å². The number of aromatic nitrogens is 1. The van der Waals surface area contributed by atoms with Crippen LogP contribution < -0.4 is 24.8 Å². The van der Waals surface area contributed by atoms with Crippen molar-refractivity contribution in [2.45, 2.75) is 0 Å². The quantitative estimate of drug-likeness (QED) is 0.405. The van der Waals surface area contributed by atoms with Crippen LogP contribution in [-0.2, 0) is 4.79 Å². The van der Waals surface area contributed by atoms with E-state index in [4.69, 9.17) is 26.4 Å². The van der Waals surface area contributed by atoms with Crippen LogP contribution >= 0.6 is 23.6 Å². The van der Waals surface area contributed by atoms with E-state index in [0.29, 0.717) is 16.6 Å². The van der Waals surface area contributed by atoms with Gasteiger partial charge in [0, 0.05) is 17.0 Å². The summed E-state index contributed by atoms with van der Waals surface area (Å²) in [6.45, 7) is 0. The molecule has 0 aliphatic heterocycles. The van der Waals surface area contributed by atoms with Gasteiger partial charge in [0.1, 0.15) is 5.75 Å². The summed E-state index contributed by atoms with van der Waals surface area (Å²) in [6.07, 6.45) is 3.10. The monoisotopic (exact) mass is 455 g/mol. The van der Waals surface area contributed by atoms with Gasteiger partial charge in [-0.2, -0.15) is 0 Å². The molecule has 7 nitrogen and oxygen atoms in total. The number of rotatable bonds is 7. The van der Waals surface area contributed by atoms with Crippen LogP contribution in [0, 0.1) is 0 Å². The van der Waals surface area contributed by atoms with E-state index in [1.807, 2.05) is 47.8 Å². The Bertz CT molecular complexity index is 1090. The maximum Gasteiger partial charge on any atom is 0.250 e. The minimum atomic E-state index is -0.343. The number of ether oxygens (including phenoxy) is 3. The average molecular weight is 456 g/mol. The van der Waals surface area contributed by atoms with E-state index in [2.05, 4.69) is 15.6 Å². The molecule has 31 heavy (non-hydrogen) atoms. The van der Waals surface area contributed by atoms with Gasteiger partial charge >= 0.3 is 0 Å². The number of methoxy groups -OCH3 is 3. The molecule has 160 valence electrons. The molecule has 0 atom stereocenters. The van der Waals surface area contributed by atoms with Gasteiger partial charge in [-0.05, 0) is 54.2 Å². The molecule has 0 radical (unpaired) electrons. The predicted octanol–water partition coefficient (Wildman–Crippen LogP) is 4.36. The third-order valence-corrected chi connectivity index (χ3v) is 5.15. The van der Waals surface area contributed by atoms with Gasteiger partial charge in [0.05, 0.1) is 27.0 Å². The summed E-state index contributed by atoms with van der Waals surface area (Å²) in [7, 11) is 4.77. The molecule has 0 aliphatic rings. The highest BCUT2D eigenvalue weighted by molar-refractivity contribution is 7.80. The van der Waals surface area contributed by atoms with Crippen molar-refractivity contribution in [1.29, 1.82) is 0 Å². The zero-order chi connectivity index (χ0) is 22.2. The Hall–Kier alpha value is -3.43. The number of hydrogen-bond donors (Lipinski definition) is 2. The van der Waals surface area contributed by atoms with Crippen molar-refractivity contribution in [2.24, 2.45) is 0 Å². The molecule has 0 fully saturated rings. The van der Waals surface area contributed by atoms with Crippen LogP contribution in [0.1, 0.15) is 5.56 Å². The van der Waals surface area contributed by atoms with Gasteiger partial charge in [-0.25, -0.2) is 4.98 Å². The number of hydrogen-bond acceptors (Lipinski definition) is 7. The Morgan fingerprint density at radius 1 is 1.03 bits per heavy atom. The van der Waals surface area contributed by atoms with Gasteiger partial charge in [0.15, 0.2) is 21.7 Å². The van der Waals surface area contributed by atoms with Crippen molar-refractivity contribution in [1.82, 2.24) is 10.3 Å². The summed E-state index contributed by atoms with van der Waals surface area (Å²) >= 11 is 6.58. The molecule has 0 saturated carbocycles. The Kier molecular flexibility index (Phi) is 7.58.